The maximum Gasteiger partial charge on any atom is 0.0805 e. The van der Waals surface area contributed by atoms with Gasteiger partial charge in [-0.1, -0.05) is 43.2 Å². The molecule has 1 aliphatic rings. The first kappa shape index (κ1) is 15.7. The van der Waals surface area contributed by atoms with E-state index in [9.17, 15) is 5.11 Å². The molecule has 1 aromatic heterocycles. The summed E-state index contributed by atoms with van der Waals surface area (Å²) in [6.45, 7) is 2.03. The molecule has 2 atom stereocenters. The van der Waals surface area contributed by atoms with E-state index < -0.39 is 0 Å². The molecule has 1 aromatic carbocycles. The van der Waals surface area contributed by atoms with Gasteiger partial charge in [0, 0.05) is 18.0 Å². The predicted octanol–water partition coefficient (Wildman–Crippen LogP) is 4.01. The van der Waals surface area contributed by atoms with Gasteiger partial charge in [-0.2, -0.15) is 0 Å². The summed E-state index contributed by atoms with van der Waals surface area (Å²) in [6, 6.07) is 10.5. The number of likely N-dealkylation sites (tertiary alicyclic amines) is 1. The van der Waals surface area contributed by atoms with E-state index in [2.05, 4.69) is 15.3 Å². The molecule has 22 heavy (non-hydrogen) atoms. The fourth-order valence-electron chi connectivity index (χ4n) is 3.30. The molecule has 0 bridgehead atoms. The zero-order valence-electron chi connectivity index (χ0n) is 12.9. The predicted molar refractivity (Wildman–Crippen MR) is 90.8 cm³/mol. The van der Waals surface area contributed by atoms with Crippen molar-refractivity contribution in [2.75, 3.05) is 6.54 Å². The lowest BCUT2D eigenvalue weighted by molar-refractivity contribution is 0.0969. The van der Waals surface area contributed by atoms with Crippen LogP contribution < -0.4 is 0 Å². The van der Waals surface area contributed by atoms with Gasteiger partial charge in [-0.05, 0) is 31.4 Å². The first-order valence-electron chi connectivity index (χ1n) is 8.17. The van der Waals surface area contributed by atoms with Gasteiger partial charge < -0.3 is 5.11 Å². The zero-order chi connectivity index (χ0) is 15.2. The number of hydrogen-bond acceptors (Lipinski definition) is 4. The average molecular weight is 316 g/mol. The maximum atomic E-state index is 10.6. The van der Waals surface area contributed by atoms with Gasteiger partial charge in [0.05, 0.1) is 17.3 Å². The lowest BCUT2D eigenvalue weighted by Crippen LogP contribution is -2.35. The summed E-state index contributed by atoms with van der Waals surface area (Å²) in [4.78, 5) is 6.95. The van der Waals surface area contributed by atoms with Crippen LogP contribution in [0.4, 0.5) is 0 Å². The monoisotopic (exact) mass is 316 g/mol. The molecular weight excluding hydrogens is 292 g/mol. The second-order valence-corrected chi connectivity index (χ2v) is 6.83. The van der Waals surface area contributed by atoms with Crippen LogP contribution in [0, 0.1) is 0 Å². The molecule has 0 aliphatic carbocycles. The Bertz CT molecular complexity index is 543. The number of aromatic nitrogens is 1. The SMILES string of the molecule is OC(CC1CCCCCN1Cc1cscn1)c1ccccc1. The van der Waals surface area contributed by atoms with Crippen LogP contribution in [0.25, 0.3) is 0 Å². The summed E-state index contributed by atoms with van der Waals surface area (Å²) >= 11 is 1.66. The Labute approximate surface area is 136 Å². The van der Waals surface area contributed by atoms with Crippen molar-refractivity contribution in [1.29, 1.82) is 0 Å². The zero-order valence-corrected chi connectivity index (χ0v) is 13.7. The highest BCUT2D eigenvalue weighted by Crippen LogP contribution is 2.27. The third kappa shape index (κ3) is 4.15. The quantitative estimate of drug-likeness (QED) is 0.905. The highest BCUT2D eigenvalue weighted by Gasteiger charge is 2.24. The van der Waals surface area contributed by atoms with Crippen molar-refractivity contribution in [2.24, 2.45) is 0 Å². The molecule has 1 N–H and O–H groups in total. The average Bonchev–Trinajstić information content (AvgIpc) is 2.97. The van der Waals surface area contributed by atoms with Crippen LogP contribution >= 0.6 is 11.3 Å². The lowest BCUT2D eigenvalue weighted by atomic mass is 9.98. The Morgan fingerprint density at radius 1 is 1.23 bits per heavy atom. The van der Waals surface area contributed by atoms with Gasteiger partial charge in [0.1, 0.15) is 0 Å². The summed E-state index contributed by atoms with van der Waals surface area (Å²) in [5.41, 5.74) is 4.09. The largest absolute Gasteiger partial charge is 0.388 e. The highest BCUT2D eigenvalue weighted by molar-refractivity contribution is 7.07. The van der Waals surface area contributed by atoms with E-state index in [0.717, 1.165) is 30.8 Å². The normalized spacial score (nSPS) is 21.4. The minimum absolute atomic E-state index is 0.373. The van der Waals surface area contributed by atoms with Gasteiger partial charge in [-0.25, -0.2) is 4.98 Å². The maximum absolute atomic E-state index is 10.6. The van der Waals surface area contributed by atoms with E-state index >= 15 is 0 Å². The third-order valence-electron chi connectivity index (χ3n) is 4.53. The summed E-state index contributed by atoms with van der Waals surface area (Å²) in [7, 11) is 0. The van der Waals surface area contributed by atoms with E-state index in [1.54, 1.807) is 11.3 Å². The van der Waals surface area contributed by atoms with E-state index in [-0.39, 0.29) is 6.10 Å². The van der Waals surface area contributed by atoms with Gasteiger partial charge in [0.15, 0.2) is 0 Å². The van der Waals surface area contributed by atoms with Crippen LogP contribution in [0.3, 0.4) is 0 Å². The Kier molecular flexibility index (Phi) is 5.59. The number of nitrogens with zero attached hydrogens (tertiary/aromatic N) is 2. The summed E-state index contributed by atoms with van der Waals surface area (Å²) in [6.07, 6.45) is 5.43. The second-order valence-electron chi connectivity index (χ2n) is 6.12. The molecule has 0 amide bonds. The van der Waals surface area contributed by atoms with E-state index in [1.807, 2.05) is 35.8 Å². The number of benzene rings is 1. The van der Waals surface area contributed by atoms with Crippen LogP contribution in [-0.4, -0.2) is 27.6 Å². The molecule has 1 saturated heterocycles. The van der Waals surface area contributed by atoms with Crippen molar-refractivity contribution in [3.05, 3.63) is 52.5 Å². The summed E-state index contributed by atoms with van der Waals surface area (Å²) in [5.74, 6) is 0. The molecule has 2 heterocycles. The van der Waals surface area contributed by atoms with E-state index in [1.165, 1.54) is 25.7 Å². The van der Waals surface area contributed by atoms with Crippen LogP contribution in [0.1, 0.15) is 49.5 Å². The topological polar surface area (TPSA) is 36.4 Å². The van der Waals surface area contributed by atoms with Crippen LogP contribution in [-0.2, 0) is 6.54 Å². The molecule has 3 rings (SSSR count). The number of aliphatic hydroxyl groups is 1. The van der Waals surface area contributed by atoms with Crippen molar-refractivity contribution in [2.45, 2.75) is 50.8 Å². The van der Waals surface area contributed by atoms with Crippen LogP contribution in [0.2, 0.25) is 0 Å². The van der Waals surface area contributed by atoms with E-state index in [0.29, 0.717) is 6.04 Å². The molecule has 0 radical (unpaired) electrons. The standard InChI is InChI=1S/C18H24N2OS/c21-18(15-7-3-1-4-8-15)11-17-9-5-2-6-10-20(17)12-16-13-22-14-19-16/h1,3-4,7-8,13-14,17-18,21H,2,5-6,9-12H2. The third-order valence-corrected chi connectivity index (χ3v) is 5.16. The Morgan fingerprint density at radius 3 is 2.86 bits per heavy atom. The molecule has 2 aromatic rings. The molecule has 4 heteroatoms. The van der Waals surface area contributed by atoms with E-state index in [4.69, 9.17) is 0 Å². The van der Waals surface area contributed by atoms with Gasteiger partial charge in [0.2, 0.25) is 0 Å². The molecule has 118 valence electrons. The number of thiazole rings is 1. The number of hydrogen-bond donors (Lipinski definition) is 1. The van der Waals surface area contributed by atoms with Crippen molar-refractivity contribution in [1.82, 2.24) is 9.88 Å². The Balaban J connectivity index is 1.67. The fraction of sp³-hybridized carbons (Fsp3) is 0.500. The van der Waals surface area contributed by atoms with Crippen molar-refractivity contribution >= 4 is 11.3 Å². The number of rotatable bonds is 5. The Hall–Kier alpha value is -1.23. The van der Waals surface area contributed by atoms with Crippen molar-refractivity contribution < 1.29 is 5.11 Å². The summed E-state index contributed by atoms with van der Waals surface area (Å²) in [5, 5.41) is 12.7. The summed E-state index contributed by atoms with van der Waals surface area (Å²) < 4.78 is 0. The first-order chi connectivity index (χ1) is 10.8. The van der Waals surface area contributed by atoms with Crippen molar-refractivity contribution in [3.63, 3.8) is 0 Å². The van der Waals surface area contributed by atoms with Crippen LogP contribution in [0.15, 0.2) is 41.2 Å². The van der Waals surface area contributed by atoms with Gasteiger partial charge in [-0.15, -0.1) is 11.3 Å². The molecule has 3 nitrogen and oxygen atoms in total. The molecular formula is C18H24N2OS. The number of aliphatic hydroxyl groups excluding tert-OH is 1. The highest BCUT2D eigenvalue weighted by atomic mass is 32.1. The second kappa shape index (κ2) is 7.86. The molecule has 0 saturated carbocycles. The van der Waals surface area contributed by atoms with Gasteiger partial charge in [-0.3, -0.25) is 4.90 Å². The minimum Gasteiger partial charge on any atom is -0.388 e. The molecule has 1 aliphatic heterocycles. The van der Waals surface area contributed by atoms with Gasteiger partial charge in [0.25, 0.3) is 0 Å². The first-order valence-corrected chi connectivity index (χ1v) is 9.11. The van der Waals surface area contributed by atoms with Crippen LogP contribution in [0.5, 0.6) is 0 Å². The minimum atomic E-state index is -0.373. The fourth-order valence-corrected chi connectivity index (χ4v) is 3.85. The molecule has 2 unspecified atom stereocenters. The smallest absolute Gasteiger partial charge is 0.0805 e. The van der Waals surface area contributed by atoms with Gasteiger partial charge >= 0.3 is 0 Å². The molecule has 0 spiro atoms. The Morgan fingerprint density at radius 2 is 2.09 bits per heavy atom. The molecule has 1 fully saturated rings. The lowest BCUT2D eigenvalue weighted by Gasteiger charge is -2.31. The van der Waals surface area contributed by atoms with Crippen molar-refractivity contribution in [3.8, 4) is 0 Å².